The molecule has 51 heavy (non-hydrogen) atoms. The fraction of sp³-hybridized carbons (Fsp3) is 0.513. The van der Waals surface area contributed by atoms with Crippen molar-refractivity contribution in [2.24, 2.45) is 5.41 Å². The molecule has 1 aliphatic carbocycles. The molecule has 0 radical (unpaired) electrons. The number of methoxy groups -OCH3 is 1. The first-order valence-corrected chi connectivity index (χ1v) is 18.1. The summed E-state index contributed by atoms with van der Waals surface area (Å²) in [6, 6.07) is 5.93. The molecule has 1 N–H and O–H groups in total. The minimum atomic E-state index is -0.790. The summed E-state index contributed by atoms with van der Waals surface area (Å²) in [6.07, 6.45) is 14.4. The number of nitrogens with zero attached hydrogens (tertiary/aromatic N) is 5. The van der Waals surface area contributed by atoms with Crippen LogP contribution in [0.1, 0.15) is 56.9 Å². The number of piperidine rings is 1. The molecule has 12 heteroatoms. The zero-order valence-corrected chi connectivity index (χ0v) is 28.9. The van der Waals surface area contributed by atoms with Crippen molar-refractivity contribution in [3.8, 4) is 41.2 Å². The summed E-state index contributed by atoms with van der Waals surface area (Å²) in [5.41, 5.74) is -0.264. The van der Waals surface area contributed by atoms with Crippen molar-refractivity contribution in [2.45, 2.75) is 63.5 Å². The minimum Gasteiger partial charge on any atom is -0.508 e. The van der Waals surface area contributed by atoms with Crippen molar-refractivity contribution < 1.29 is 32.8 Å². The Labute approximate surface area is 296 Å². The number of aromatic hydroxyl groups is 1. The lowest BCUT2D eigenvalue weighted by atomic mass is 9.75. The first-order valence-electron chi connectivity index (χ1n) is 18.1. The van der Waals surface area contributed by atoms with Gasteiger partial charge in [0.05, 0.1) is 32.0 Å². The Balaban J connectivity index is 1.24. The second kappa shape index (κ2) is 14.0. The van der Waals surface area contributed by atoms with Crippen LogP contribution in [0.15, 0.2) is 24.3 Å². The summed E-state index contributed by atoms with van der Waals surface area (Å²) in [7, 11) is 1.45. The number of likely N-dealkylation sites (tertiary alicyclic amines) is 1. The van der Waals surface area contributed by atoms with Gasteiger partial charge in [-0.1, -0.05) is 18.4 Å². The highest BCUT2D eigenvalue weighted by Crippen LogP contribution is 2.49. The SMILES string of the molecule is C#Cc1c(F)ccc2cc(O)cc(-c3nc(OC)c4c(N5CCCOCC5)nc(OC[C@]56CCC[C@H]5N(C[C@H]5CCCO5)CCC6)nc4c3F)c12. The third kappa shape index (κ3) is 6.19. The van der Waals surface area contributed by atoms with Crippen molar-refractivity contribution in [3.05, 3.63) is 41.5 Å². The Morgan fingerprint density at radius 1 is 1.00 bits per heavy atom. The van der Waals surface area contributed by atoms with Crippen LogP contribution < -0.4 is 14.4 Å². The normalized spacial score (nSPS) is 24.1. The van der Waals surface area contributed by atoms with E-state index in [2.05, 4.69) is 15.8 Å². The predicted molar refractivity (Wildman–Crippen MR) is 189 cm³/mol. The number of pyridine rings is 1. The fourth-order valence-electron chi connectivity index (χ4n) is 8.92. The topological polar surface area (TPSA) is 102 Å². The maximum Gasteiger partial charge on any atom is 0.319 e. The highest BCUT2D eigenvalue weighted by atomic mass is 19.1. The number of ether oxygens (including phenoxy) is 4. The van der Waals surface area contributed by atoms with Gasteiger partial charge >= 0.3 is 6.01 Å². The molecule has 8 rings (SSSR count). The number of phenolic OH excluding ortho intramolecular Hbond substituents is 1. The molecule has 5 heterocycles. The Bertz CT molecular complexity index is 1990. The van der Waals surface area contributed by atoms with Gasteiger partial charge in [-0.3, -0.25) is 4.90 Å². The number of terminal acetylenes is 1. The number of aromatic nitrogens is 3. The molecule has 1 saturated carbocycles. The Morgan fingerprint density at radius 3 is 2.71 bits per heavy atom. The third-order valence-electron chi connectivity index (χ3n) is 11.2. The second-order valence-electron chi connectivity index (χ2n) is 14.2. The van der Waals surface area contributed by atoms with Crippen LogP contribution in [0.4, 0.5) is 14.6 Å². The second-order valence-corrected chi connectivity index (χ2v) is 14.2. The average Bonchev–Trinajstić information content (AvgIpc) is 3.74. The standard InChI is InChI=1S/C39H43F2N5O5/c1-3-27-29(40)11-10-24-20-25(47)21-28(31(24)27)34-33(41)35-32(37(42-34)48-2)36(45-15-7-17-49-19-16-45)44-38(43-35)51-23-39-12-4-9-30(39)46(14-6-13-39)22-26-8-5-18-50-26/h1,10-11,20-21,26,30,47H,4-9,12-19,22-23H2,2H3/t26-,30-,39-/m1/s1. The smallest absolute Gasteiger partial charge is 0.319 e. The van der Waals surface area contributed by atoms with Gasteiger partial charge < -0.3 is 29.0 Å². The molecule has 4 aromatic rings. The summed E-state index contributed by atoms with van der Waals surface area (Å²) < 4.78 is 56.3. The zero-order valence-electron chi connectivity index (χ0n) is 28.9. The van der Waals surface area contributed by atoms with Gasteiger partial charge in [0.1, 0.15) is 34.0 Å². The Morgan fingerprint density at radius 2 is 1.88 bits per heavy atom. The summed E-state index contributed by atoms with van der Waals surface area (Å²) in [5, 5.41) is 11.7. The number of hydrogen-bond donors (Lipinski definition) is 1. The quantitative estimate of drug-likeness (QED) is 0.213. The van der Waals surface area contributed by atoms with Crippen LogP contribution in [0.25, 0.3) is 32.9 Å². The van der Waals surface area contributed by atoms with Gasteiger partial charge in [0.15, 0.2) is 5.82 Å². The van der Waals surface area contributed by atoms with E-state index in [4.69, 9.17) is 35.3 Å². The maximum absolute atomic E-state index is 17.2. The van der Waals surface area contributed by atoms with E-state index in [9.17, 15) is 5.11 Å². The van der Waals surface area contributed by atoms with Crippen LogP contribution in [0.5, 0.6) is 17.6 Å². The summed E-state index contributed by atoms with van der Waals surface area (Å²) in [5.74, 6) is 1.33. The van der Waals surface area contributed by atoms with Crippen molar-refractivity contribution in [1.29, 1.82) is 0 Å². The molecule has 2 aromatic heterocycles. The molecule has 4 fully saturated rings. The van der Waals surface area contributed by atoms with Crippen LogP contribution in [0.3, 0.4) is 0 Å². The number of phenols is 1. The van der Waals surface area contributed by atoms with E-state index in [1.165, 1.54) is 31.4 Å². The average molecular weight is 700 g/mol. The first kappa shape index (κ1) is 33.8. The third-order valence-corrected chi connectivity index (χ3v) is 11.2. The van der Waals surface area contributed by atoms with Crippen LogP contribution in [-0.2, 0) is 9.47 Å². The van der Waals surface area contributed by atoms with E-state index < -0.39 is 11.6 Å². The number of fused-ring (bicyclic) bond motifs is 3. The molecule has 3 atom stereocenters. The number of benzene rings is 2. The molecule has 0 amide bonds. The van der Waals surface area contributed by atoms with E-state index in [0.29, 0.717) is 50.2 Å². The van der Waals surface area contributed by atoms with Crippen LogP contribution in [0, 0.1) is 29.4 Å². The van der Waals surface area contributed by atoms with Gasteiger partial charge in [-0.25, -0.2) is 13.8 Å². The van der Waals surface area contributed by atoms with E-state index in [1.54, 1.807) is 0 Å². The fourth-order valence-corrected chi connectivity index (χ4v) is 8.92. The number of anilines is 1. The summed E-state index contributed by atoms with van der Waals surface area (Å²) in [4.78, 5) is 18.9. The molecule has 3 saturated heterocycles. The van der Waals surface area contributed by atoms with Gasteiger partial charge in [-0.15, -0.1) is 6.42 Å². The predicted octanol–water partition coefficient (Wildman–Crippen LogP) is 6.24. The van der Waals surface area contributed by atoms with Crippen LogP contribution >= 0.6 is 0 Å². The number of hydrogen-bond acceptors (Lipinski definition) is 10. The number of halogens is 2. The first-order chi connectivity index (χ1) is 24.9. The highest BCUT2D eigenvalue weighted by Gasteiger charge is 2.49. The number of rotatable bonds is 8. The van der Waals surface area contributed by atoms with Gasteiger partial charge in [0.2, 0.25) is 5.88 Å². The molecule has 268 valence electrons. The lowest BCUT2D eigenvalue weighted by Gasteiger charge is -2.46. The largest absolute Gasteiger partial charge is 0.508 e. The van der Waals surface area contributed by atoms with E-state index in [0.717, 1.165) is 71.1 Å². The summed E-state index contributed by atoms with van der Waals surface area (Å²) in [6.45, 7) is 5.44. The van der Waals surface area contributed by atoms with Crippen molar-refractivity contribution in [3.63, 3.8) is 0 Å². The summed E-state index contributed by atoms with van der Waals surface area (Å²) >= 11 is 0. The molecule has 2 aromatic carbocycles. The molecule has 3 aliphatic heterocycles. The van der Waals surface area contributed by atoms with Crippen molar-refractivity contribution in [1.82, 2.24) is 19.9 Å². The van der Waals surface area contributed by atoms with E-state index >= 15 is 8.78 Å². The molecule has 0 spiro atoms. The zero-order chi connectivity index (χ0) is 35.1. The van der Waals surface area contributed by atoms with Crippen molar-refractivity contribution in [2.75, 3.05) is 64.6 Å². The molecule has 0 unspecified atom stereocenters. The van der Waals surface area contributed by atoms with Gasteiger partial charge in [-0.2, -0.15) is 9.97 Å². The molecule has 4 aliphatic rings. The van der Waals surface area contributed by atoms with Crippen LogP contribution in [0.2, 0.25) is 0 Å². The molecule has 0 bridgehead atoms. The van der Waals surface area contributed by atoms with Gasteiger partial charge in [-0.05, 0) is 75.1 Å². The Kier molecular flexibility index (Phi) is 9.29. The van der Waals surface area contributed by atoms with Crippen LogP contribution in [-0.4, -0.2) is 96.8 Å². The molecular weight excluding hydrogens is 656 g/mol. The lowest BCUT2D eigenvalue weighted by molar-refractivity contribution is -0.0252. The molecule has 10 nitrogen and oxygen atoms in total. The monoisotopic (exact) mass is 699 g/mol. The minimum absolute atomic E-state index is 0.0544. The highest BCUT2D eigenvalue weighted by molar-refractivity contribution is 6.04. The van der Waals surface area contributed by atoms with E-state index in [1.807, 2.05) is 4.90 Å². The van der Waals surface area contributed by atoms with Gasteiger partial charge in [0, 0.05) is 55.3 Å². The van der Waals surface area contributed by atoms with Gasteiger partial charge in [0.25, 0.3) is 0 Å². The van der Waals surface area contributed by atoms with E-state index in [-0.39, 0.29) is 62.3 Å². The molecular formula is C39H43F2N5O5. The van der Waals surface area contributed by atoms with Crippen molar-refractivity contribution >= 4 is 27.5 Å². The lowest BCUT2D eigenvalue weighted by Crippen LogP contribution is -2.53. The Hall–Kier alpha value is -4.31. The maximum atomic E-state index is 17.2.